The number of fused-ring (bicyclic) bond motifs is 4. The van der Waals surface area contributed by atoms with Crippen molar-refractivity contribution in [2.75, 3.05) is 0 Å². The second-order valence-electron chi connectivity index (χ2n) is 15.7. The molecule has 2 aliphatic rings. The Balaban J connectivity index is 1.36. The third kappa shape index (κ3) is 4.22. The molecule has 0 amide bonds. The minimum Gasteiger partial charge on any atom is -0.310 e. The first-order valence-corrected chi connectivity index (χ1v) is 18.7. The highest BCUT2D eigenvalue weighted by molar-refractivity contribution is 7.00. The van der Waals surface area contributed by atoms with E-state index in [1.165, 1.54) is 99.9 Å². The first-order valence-electron chi connectivity index (χ1n) is 18.7. The molecule has 4 heterocycles. The highest BCUT2D eigenvalue weighted by atomic mass is 15.0. The van der Waals surface area contributed by atoms with Gasteiger partial charge in [0.2, 0.25) is 0 Å². The number of rotatable bonds is 4. The van der Waals surface area contributed by atoms with Crippen LogP contribution < -0.4 is 16.4 Å². The lowest BCUT2D eigenvalue weighted by Crippen LogP contribution is -2.59. The van der Waals surface area contributed by atoms with Crippen molar-refractivity contribution in [1.82, 2.24) is 9.13 Å². The summed E-state index contributed by atoms with van der Waals surface area (Å²) < 4.78 is 5.20. The molecular weight excluding hydrogens is 639 g/mol. The van der Waals surface area contributed by atoms with Gasteiger partial charge in [0, 0.05) is 44.3 Å². The minimum absolute atomic E-state index is 0.0463. The molecule has 0 fully saturated rings. The number of benzene rings is 7. The van der Waals surface area contributed by atoms with Gasteiger partial charge in [0.15, 0.2) is 0 Å². The maximum absolute atomic E-state index is 2.61. The fraction of sp³-hybridized carbons (Fsp3) is 0.0800. The van der Waals surface area contributed by atoms with Gasteiger partial charge in [-0.15, -0.1) is 0 Å². The average molecular weight is 677 g/mol. The Morgan fingerprint density at radius 3 is 1.38 bits per heavy atom. The fourth-order valence-electron chi connectivity index (χ4n) is 9.42. The highest BCUT2D eigenvalue weighted by Gasteiger charge is 2.43. The van der Waals surface area contributed by atoms with Gasteiger partial charge in [0.05, 0.1) is 11.4 Å². The SMILES string of the molecule is CC(C)(C)c1cc2c3c(c1)c(-c1ccccc1)c(-c1ccccc1)n3-c1cccc3c1B2c1cccc2c(-c4ccccc4)c(-c4ccccc4)n-3c12. The smallest absolute Gasteiger partial charge is 0.252 e. The van der Waals surface area contributed by atoms with Crippen LogP contribution in [0.3, 0.4) is 0 Å². The van der Waals surface area contributed by atoms with Crippen molar-refractivity contribution in [2.45, 2.75) is 26.2 Å². The first-order chi connectivity index (χ1) is 26.0. The predicted octanol–water partition coefficient (Wildman–Crippen LogP) is 10.7. The average Bonchev–Trinajstić information content (AvgIpc) is 3.74. The van der Waals surface area contributed by atoms with Crippen LogP contribution in [0.5, 0.6) is 0 Å². The minimum atomic E-state index is -0.0463. The zero-order valence-corrected chi connectivity index (χ0v) is 30.1. The van der Waals surface area contributed by atoms with Crippen LogP contribution in [0.25, 0.3) is 77.9 Å². The van der Waals surface area contributed by atoms with Crippen molar-refractivity contribution in [3.63, 3.8) is 0 Å². The van der Waals surface area contributed by atoms with Crippen LogP contribution in [0.1, 0.15) is 26.3 Å². The Bertz CT molecular complexity index is 2890. The van der Waals surface area contributed by atoms with E-state index in [-0.39, 0.29) is 12.1 Å². The van der Waals surface area contributed by atoms with E-state index >= 15 is 0 Å². The largest absolute Gasteiger partial charge is 0.310 e. The summed E-state index contributed by atoms with van der Waals surface area (Å²) in [6.45, 7) is 7.13. The van der Waals surface area contributed by atoms with Crippen LogP contribution >= 0.6 is 0 Å². The third-order valence-electron chi connectivity index (χ3n) is 11.7. The normalized spacial score (nSPS) is 12.8. The maximum Gasteiger partial charge on any atom is 0.252 e. The van der Waals surface area contributed by atoms with Gasteiger partial charge in [-0.25, -0.2) is 0 Å². The van der Waals surface area contributed by atoms with Gasteiger partial charge < -0.3 is 9.13 Å². The van der Waals surface area contributed by atoms with Crippen LogP contribution in [0.2, 0.25) is 0 Å². The molecule has 0 saturated carbocycles. The molecule has 0 saturated heterocycles. The summed E-state index contributed by atoms with van der Waals surface area (Å²) in [7, 11) is 0. The van der Waals surface area contributed by atoms with Crippen molar-refractivity contribution in [3.8, 4) is 56.1 Å². The second-order valence-corrected chi connectivity index (χ2v) is 15.7. The Morgan fingerprint density at radius 1 is 0.415 bits per heavy atom. The molecule has 2 aromatic heterocycles. The number of aromatic nitrogens is 2. The molecule has 0 unspecified atom stereocenters. The fourth-order valence-corrected chi connectivity index (χ4v) is 9.42. The van der Waals surface area contributed by atoms with E-state index in [0.717, 1.165) is 0 Å². The Kier molecular flexibility index (Phi) is 6.35. The second kappa shape index (κ2) is 11.1. The highest BCUT2D eigenvalue weighted by Crippen LogP contribution is 2.47. The zero-order chi connectivity index (χ0) is 35.4. The van der Waals surface area contributed by atoms with Gasteiger partial charge in [0.1, 0.15) is 0 Å². The Labute approximate surface area is 310 Å². The lowest BCUT2D eigenvalue weighted by atomic mass is 9.34. The molecule has 0 bridgehead atoms. The molecule has 0 N–H and O–H groups in total. The lowest BCUT2D eigenvalue weighted by molar-refractivity contribution is 0.591. The van der Waals surface area contributed by atoms with Crippen molar-refractivity contribution >= 4 is 44.9 Å². The molecule has 3 heteroatoms. The van der Waals surface area contributed by atoms with Crippen molar-refractivity contribution < 1.29 is 0 Å². The number of para-hydroxylation sites is 1. The summed E-state index contributed by atoms with van der Waals surface area (Å²) in [5.41, 5.74) is 20.5. The standard InChI is InChI=1S/C50H37BN2/c1-50(2,3)36-30-38-44(33-20-10-5-11-21-33)47(35-24-14-7-15-25-35)53-42-29-17-28-41-45(42)51(40(31-36)49(38)53)39-27-16-26-37-43(32-18-8-4-9-19-32)46(52(41)48(37)39)34-22-12-6-13-23-34/h4-31H,1-3H3. The number of hydrogen-bond acceptors (Lipinski definition) is 0. The van der Waals surface area contributed by atoms with Gasteiger partial charge in [-0.2, -0.15) is 0 Å². The molecule has 2 nitrogen and oxygen atoms in total. The molecule has 250 valence electrons. The monoisotopic (exact) mass is 676 g/mol. The summed E-state index contributed by atoms with van der Waals surface area (Å²) in [5, 5.41) is 2.61. The first kappa shape index (κ1) is 30.3. The van der Waals surface area contributed by atoms with E-state index in [2.05, 4.69) is 200 Å². The van der Waals surface area contributed by atoms with Crippen LogP contribution in [0.4, 0.5) is 0 Å². The van der Waals surface area contributed by atoms with Crippen LogP contribution in [-0.2, 0) is 5.41 Å². The summed E-state index contributed by atoms with van der Waals surface area (Å²) in [6.07, 6.45) is 0. The summed E-state index contributed by atoms with van der Waals surface area (Å²) >= 11 is 0. The van der Waals surface area contributed by atoms with Gasteiger partial charge in [-0.3, -0.25) is 0 Å². The summed E-state index contributed by atoms with van der Waals surface area (Å²) in [5.74, 6) is 0. The topological polar surface area (TPSA) is 9.86 Å². The molecule has 11 rings (SSSR count). The molecular formula is C50H37BN2. The van der Waals surface area contributed by atoms with Gasteiger partial charge >= 0.3 is 0 Å². The van der Waals surface area contributed by atoms with Crippen molar-refractivity contribution in [1.29, 1.82) is 0 Å². The van der Waals surface area contributed by atoms with E-state index in [1.54, 1.807) is 0 Å². The van der Waals surface area contributed by atoms with Crippen LogP contribution in [0, 0.1) is 0 Å². The van der Waals surface area contributed by atoms with Crippen molar-refractivity contribution in [3.05, 3.63) is 175 Å². The third-order valence-corrected chi connectivity index (χ3v) is 11.7. The predicted molar refractivity (Wildman–Crippen MR) is 225 cm³/mol. The van der Waals surface area contributed by atoms with E-state index in [1.807, 2.05) is 0 Å². The Hall–Kier alpha value is -6.32. The maximum atomic E-state index is 2.61. The molecule has 0 atom stereocenters. The van der Waals surface area contributed by atoms with Crippen molar-refractivity contribution in [2.24, 2.45) is 0 Å². The van der Waals surface area contributed by atoms with E-state index in [9.17, 15) is 0 Å². The molecule has 53 heavy (non-hydrogen) atoms. The Morgan fingerprint density at radius 2 is 0.868 bits per heavy atom. The van der Waals surface area contributed by atoms with Crippen LogP contribution in [-0.4, -0.2) is 15.8 Å². The summed E-state index contributed by atoms with van der Waals surface area (Å²) in [6, 6.07) is 63.1. The van der Waals surface area contributed by atoms with Gasteiger partial charge in [-0.1, -0.05) is 172 Å². The number of hydrogen-bond donors (Lipinski definition) is 0. The van der Waals surface area contributed by atoms with E-state index < -0.39 is 0 Å². The lowest BCUT2D eigenvalue weighted by Gasteiger charge is -2.35. The molecule has 7 aromatic carbocycles. The van der Waals surface area contributed by atoms with E-state index in [4.69, 9.17) is 0 Å². The molecule has 0 aliphatic carbocycles. The molecule has 9 aromatic rings. The quantitative estimate of drug-likeness (QED) is 0.164. The van der Waals surface area contributed by atoms with Gasteiger partial charge in [0.25, 0.3) is 6.71 Å². The summed E-state index contributed by atoms with van der Waals surface area (Å²) in [4.78, 5) is 0. The van der Waals surface area contributed by atoms with Gasteiger partial charge in [-0.05, 0) is 67.8 Å². The van der Waals surface area contributed by atoms with E-state index in [0.29, 0.717) is 0 Å². The zero-order valence-electron chi connectivity index (χ0n) is 30.1. The van der Waals surface area contributed by atoms with Crippen LogP contribution in [0.15, 0.2) is 170 Å². The molecule has 0 spiro atoms. The molecule has 0 radical (unpaired) electrons. The number of nitrogens with zero attached hydrogens (tertiary/aromatic N) is 2. The molecule has 2 aliphatic heterocycles.